The van der Waals surface area contributed by atoms with Crippen molar-refractivity contribution in [3.8, 4) is 11.5 Å². The first-order valence-electron chi connectivity index (χ1n) is 7.22. The zero-order chi connectivity index (χ0) is 15.6. The molecule has 112 valence electrons. The third-order valence-corrected chi connectivity index (χ3v) is 3.60. The summed E-state index contributed by atoms with van der Waals surface area (Å²) >= 11 is 0. The second kappa shape index (κ2) is 5.49. The summed E-state index contributed by atoms with van der Waals surface area (Å²) in [7, 11) is 0. The minimum atomic E-state index is -0.272. The summed E-state index contributed by atoms with van der Waals surface area (Å²) in [5, 5.41) is 4.22. The fourth-order valence-electron chi connectivity index (χ4n) is 2.50. The van der Waals surface area contributed by atoms with Crippen molar-refractivity contribution in [3.05, 3.63) is 76.8 Å². The maximum absolute atomic E-state index is 12.3. The Morgan fingerprint density at radius 1 is 1.00 bits per heavy atom. The monoisotopic (exact) mass is 303 g/mol. The Bertz CT molecular complexity index is 1020. The average Bonchev–Trinajstić information content (AvgIpc) is 3.03. The highest BCUT2D eigenvalue weighted by Crippen LogP contribution is 2.14. The topological polar surface area (TPSA) is 76.5 Å². The van der Waals surface area contributed by atoms with E-state index in [-0.39, 0.29) is 11.3 Å². The van der Waals surface area contributed by atoms with E-state index in [1.54, 1.807) is 4.68 Å². The van der Waals surface area contributed by atoms with Crippen LogP contribution in [0.25, 0.3) is 22.6 Å². The van der Waals surface area contributed by atoms with Gasteiger partial charge in [0.1, 0.15) is 6.33 Å². The lowest BCUT2D eigenvalue weighted by Crippen LogP contribution is -2.15. The van der Waals surface area contributed by atoms with Gasteiger partial charge in [0.25, 0.3) is 5.56 Å². The summed E-state index contributed by atoms with van der Waals surface area (Å²) in [6, 6.07) is 17.3. The molecule has 1 N–H and O–H groups in total. The molecule has 2 aromatic carbocycles. The second-order valence-corrected chi connectivity index (χ2v) is 5.16. The fraction of sp³-hybridized carbons (Fsp3) is 0.0588. The van der Waals surface area contributed by atoms with E-state index < -0.39 is 0 Å². The van der Waals surface area contributed by atoms with Gasteiger partial charge in [0.2, 0.25) is 0 Å². The van der Waals surface area contributed by atoms with Crippen LogP contribution >= 0.6 is 0 Å². The first kappa shape index (κ1) is 13.4. The number of hydrogen-bond donors (Lipinski definition) is 1. The molecular weight excluding hydrogens is 290 g/mol. The van der Waals surface area contributed by atoms with Crippen molar-refractivity contribution in [1.82, 2.24) is 24.7 Å². The fourth-order valence-corrected chi connectivity index (χ4v) is 2.50. The molecule has 0 aliphatic heterocycles. The summed E-state index contributed by atoms with van der Waals surface area (Å²) < 4.78 is 1.68. The summed E-state index contributed by atoms with van der Waals surface area (Å²) in [6.07, 6.45) is 1.44. The molecule has 0 unspecified atom stereocenters. The molecule has 2 aromatic heterocycles. The van der Waals surface area contributed by atoms with Gasteiger partial charge in [-0.1, -0.05) is 42.5 Å². The number of hydrogen-bond acceptors (Lipinski definition) is 4. The Balaban J connectivity index is 1.81. The van der Waals surface area contributed by atoms with Crippen molar-refractivity contribution in [2.45, 2.75) is 6.54 Å². The summed E-state index contributed by atoms with van der Waals surface area (Å²) in [4.78, 5) is 23.8. The van der Waals surface area contributed by atoms with E-state index in [4.69, 9.17) is 0 Å². The summed E-state index contributed by atoms with van der Waals surface area (Å²) in [6.45, 7) is 0.532. The van der Waals surface area contributed by atoms with Gasteiger partial charge in [0.15, 0.2) is 11.5 Å². The van der Waals surface area contributed by atoms with Crippen molar-refractivity contribution in [1.29, 1.82) is 0 Å². The van der Waals surface area contributed by atoms with Crippen molar-refractivity contribution in [3.63, 3.8) is 0 Å². The van der Waals surface area contributed by atoms with Gasteiger partial charge in [0, 0.05) is 0 Å². The zero-order valence-electron chi connectivity index (χ0n) is 12.2. The van der Waals surface area contributed by atoms with Gasteiger partial charge in [-0.3, -0.25) is 4.79 Å². The van der Waals surface area contributed by atoms with Crippen LogP contribution in [0.15, 0.2) is 65.7 Å². The van der Waals surface area contributed by atoms with E-state index >= 15 is 0 Å². The van der Waals surface area contributed by atoms with Crippen LogP contribution < -0.4 is 5.56 Å². The van der Waals surface area contributed by atoms with Crippen LogP contribution in [0.2, 0.25) is 0 Å². The minimum absolute atomic E-state index is 0.272. The molecule has 0 spiro atoms. The third-order valence-electron chi connectivity index (χ3n) is 3.60. The van der Waals surface area contributed by atoms with Gasteiger partial charge in [-0.2, -0.15) is 5.10 Å². The highest BCUT2D eigenvalue weighted by Gasteiger charge is 2.14. The number of aromatic nitrogens is 5. The molecule has 4 aromatic rings. The van der Waals surface area contributed by atoms with Gasteiger partial charge in [-0.25, -0.2) is 14.6 Å². The molecule has 0 amide bonds. The van der Waals surface area contributed by atoms with E-state index in [0.29, 0.717) is 17.9 Å². The first-order valence-corrected chi connectivity index (χ1v) is 7.22. The van der Waals surface area contributed by atoms with E-state index in [0.717, 1.165) is 11.1 Å². The third kappa shape index (κ3) is 2.50. The predicted octanol–water partition coefficient (Wildman–Crippen LogP) is 2.23. The number of H-pyrrole nitrogens is 1. The Kier molecular flexibility index (Phi) is 3.20. The highest BCUT2D eigenvalue weighted by atomic mass is 16.1. The van der Waals surface area contributed by atoms with Gasteiger partial charge in [-0.15, -0.1) is 0 Å². The lowest BCUT2D eigenvalue weighted by atomic mass is 10.2. The molecule has 0 saturated heterocycles. The molecule has 23 heavy (non-hydrogen) atoms. The molecule has 0 atom stereocenters. The number of nitrogens with one attached hydrogen (secondary N) is 1. The SMILES string of the molecule is O=c1[nH]c2ccccc2nc1-c1ncnn1Cc1ccccc1. The first-order chi connectivity index (χ1) is 11.3. The van der Waals surface area contributed by atoms with E-state index in [1.807, 2.05) is 54.6 Å². The van der Waals surface area contributed by atoms with Crippen LogP contribution in [0.4, 0.5) is 0 Å². The molecular formula is C17H13N5O. The number of nitrogens with zero attached hydrogens (tertiary/aromatic N) is 4. The van der Waals surface area contributed by atoms with Crippen molar-refractivity contribution in [2.75, 3.05) is 0 Å². The van der Waals surface area contributed by atoms with Crippen molar-refractivity contribution in [2.24, 2.45) is 0 Å². The maximum atomic E-state index is 12.3. The Labute approximate surface area is 131 Å². The molecule has 0 saturated carbocycles. The maximum Gasteiger partial charge on any atom is 0.278 e. The van der Waals surface area contributed by atoms with Gasteiger partial charge >= 0.3 is 0 Å². The molecule has 0 aliphatic carbocycles. The molecule has 0 fully saturated rings. The average molecular weight is 303 g/mol. The number of fused-ring (bicyclic) bond motifs is 1. The smallest absolute Gasteiger partial charge is 0.278 e. The van der Waals surface area contributed by atoms with Crippen LogP contribution in [-0.2, 0) is 6.54 Å². The summed E-state index contributed by atoms with van der Waals surface area (Å²) in [5.74, 6) is 0.459. The number of aromatic amines is 1. The summed E-state index contributed by atoms with van der Waals surface area (Å²) in [5.41, 5.74) is 2.51. The Morgan fingerprint density at radius 3 is 2.65 bits per heavy atom. The van der Waals surface area contributed by atoms with Crippen molar-refractivity contribution >= 4 is 11.0 Å². The van der Waals surface area contributed by atoms with E-state index in [9.17, 15) is 4.79 Å². The Morgan fingerprint density at radius 2 is 1.78 bits per heavy atom. The van der Waals surface area contributed by atoms with Gasteiger partial charge < -0.3 is 4.98 Å². The van der Waals surface area contributed by atoms with Crippen LogP contribution in [0, 0.1) is 0 Å². The molecule has 0 bridgehead atoms. The lowest BCUT2D eigenvalue weighted by Gasteiger charge is -2.06. The van der Waals surface area contributed by atoms with Crippen LogP contribution in [0.5, 0.6) is 0 Å². The molecule has 0 radical (unpaired) electrons. The van der Waals surface area contributed by atoms with E-state index in [2.05, 4.69) is 20.1 Å². The molecule has 6 heteroatoms. The molecule has 2 heterocycles. The molecule has 0 aliphatic rings. The molecule has 4 rings (SSSR count). The van der Waals surface area contributed by atoms with Crippen LogP contribution in [-0.4, -0.2) is 24.7 Å². The highest BCUT2D eigenvalue weighted by molar-refractivity contribution is 5.75. The van der Waals surface area contributed by atoms with Crippen LogP contribution in [0.3, 0.4) is 0 Å². The van der Waals surface area contributed by atoms with Crippen LogP contribution in [0.1, 0.15) is 5.56 Å². The second-order valence-electron chi connectivity index (χ2n) is 5.16. The predicted molar refractivity (Wildman–Crippen MR) is 86.9 cm³/mol. The lowest BCUT2D eigenvalue weighted by molar-refractivity contribution is 0.690. The number of benzene rings is 2. The normalized spacial score (nSPS) is 11.0. The molecule has 6 nitrogen and oxygen atoms in total. The zero-order valence-corrected chi connectivity index (χ0v) is 12.2. The minimum Gasteiger partial charge on any atom is -0.319 e. The van der Waals surface area contributed by atoms with Gasteiger partial charge in [-0.05, 0) is 17.7 Å². The Hall–Kier alpha value is -3.28. The van der Waals surface area contributed by atoms with E-state index in [1.165, 1.54) is 6.33 Å². The number of para-hydroxylation sites is 2. The number of rotatable bonds is 3. The largest absolute Gasteiger partial charge is 0.319 e. The van der Waals surface area contributed by atoms with Gasteiger partial charge in [0.05, 0.1) is 17.6 Å². The van der Waals surface area contributed by atoms with Crippen molar-refractivity contribution < 1.29 is 0 Å². The standard InChI is InChI=1S/C17H13N5O/c23-17-15(20-13-8-4-5-9-14(13)21-17)16-18-11-19-22(16)10-12-6-2-1-3-7-12/h1-9,11H,10H2,(H,21,23). The quantitative estimate of drug-likeness (QED) is 0.629.